The fourth-order valence-corrected chi connectivity index (χ4v) is 7.14. The summed E-state index contributed by atoms with van der Waals surface area (Å²) in [6, 6.07) is 6.89. The molecule has 0 spiro atoms. The average Bonchev–Trinajstić information content (AvgIpc) is 3.57. The van der Waals surface area contributed by atoms with Gasteiger partial charge in [-0.15, -0.1) is 0 Å². The van der Waals surface area contributed by atoms with Crippen molar-refractivity contribution in [3.8, 4) is 0 Å². The number of anilines is 3. The van der Waals surface area contributed by atoms with Crippen molar-refractivity contribution in [2.75, 3.05) is 30.4 Å². The minimum Gasteiger partial charge on any atom is -0.387 e. The Morgan fingerprint density at radius 2 is 1.85 bits per heavy atom. The molecule has 0 aromatic carbocycles. The number of amides is 1. The van der Waals surface area contributed by atoms with Crippen molar-refractivity contribution in [2.24, 2.45) is 0 Å². The van der Waals surface area contributed by atoms with Crippen molar-refractivity contribution in [1.29, 1.82) is 0 Å². The minimum absolute atomic E-state index is 0.000976. The fraction of sp³-hybridized carbons (Fsp3) is 0.567. The van der Waals surface area contributed by atoms with Crippen LogP contribution in [0.25, 0.3) is 10.9 Å². The zero-order valence-electron chi connectivity index (χ0n) is 23.4. The van der Waals surface area contributed by atoms with Gasteiger partial charge >= 0.3 is 0 Å². The molecule has 4 aliphatic rings. The number of carbonyl (C=O) groups is 1. The molecule has 7 rings (SSSR count). The summed E-state index contributed by atoms with van der Waals surface area (Å²) < 4.78 is 0. The first-order valence-electron chi connectivity index (χ1n) is 14.8. The van der Waals surface area contributed by atoms with Crippen LogP contribution in [0.4, 0.5) is 17.6 Å². The molecule has 40 heavy (non-hydrogen) atoms. The maximum atomic E-state index is 13.2. The van der Waals surface area contributed by atoms with Gasteiger partial charge in [-0.1, -0.05) is 12.5 Å². The highest BCUT2D eigenvalue weighted by atomic mass is 16.3. The number of likely N-dealkylation sites (tertiary alicyclic amines) is 1. The lowest BCUT2D eigenvalue weighted by Crippen LogP contribution is -2.50. The van der Waals surface area contributed by atoms with E-state index in [9.17, 15) is 9.90 Å². The quantitative estimate of drug-likeness (QED) is 0.498. The van der Waals surface area contributed by atoms with Crippen molar-refractivity contribution >= 4 is 34.4 Å². The molecule has 10 nitrogen and oxygen atoms in total. The molecule has 10 heteroatoms. The molecular weight excluding hydrogens is 504 g/mol. The van der Waals surface area contributed by atoms with Crippen LogP contribution in [-0.4, -0.2) is 79.0 Å². The van der Waals surface area contributed by atoms with E-state index in [1.165, 1.54) is 32.1 Å². The molecule has 2 bridgehead atoms. The average molecular weight is 543 g/mol. The number of hydrogen-bond donors (Lipinski definition) is 2. The van der Waals surface area contributed by atoms with Crippen LogP contribution < -0.4 is 10.2 Å². The van der Waals surface area contributed by atoms with E-state index in [1.807, 2.05) is 23.2 Å². The Bertz CT molecular complexity index is 1420. The van der Waals surface area contributed by atoms with Gasteiger partial charge in [0, 0.05) is 48.9 Å². The summed E-state index contributed by atoms with van der Waals surface area (Å²) in [4.78, 5) is 39.1. The fourth-order valence-electron chi connectivity index (χ4n) is 7.14. The summed E-state index contributed by atoms with van der Waals surface area (Å²) >= 11 is 0. The number of fused-ring (bicyclic) bond motifs is 4. The smallest absolute Gasteiger partial charge is 0.240 e. The SMILES string of the molecule is CC(O)c1cc2cnc(Nc3ccc4c(n3)CCN(C(=O)[C@@H]3CCCCN3C)C4)nc2c(N2C3CCC2CC3)n1. The first kappa shape index (κ1) is 25.6. The summed E-state index contributed by atoms with van der Waals surface area (Å²) in [5.74, 6) is 2.28. The van der Waals surface area contributed by atoms with Gasteiger partial charge in [0.05, 0.1) is 17.8 Å². The molecule has 4 aliphatic heterocycles. The molecule has 1 unspecified atom stereocenters. The molecule has 3 saturated heterocycles. The molecule has 0 saturated carbocycles. The molecule has 3 fully saturated rings. The number of aliphatic hydroxyl groups is 1. The Morgan fingerprint density at radius 3 is 2.60 bits per heavy atom. The number of hydrogen-bond acceptors (Lipinski definition) is 9. The number of aliphatic hydroxyl groups excluding tert-OH is 1. The second-order valence-corrected chi connectivity index (χ2v) is 12.0. The molecule has 3 aromatic rings. The van der Waals surface area contributed by atoms with Gasteiger partial charge in [0.25, 0.3) is 0 Å². The molecule has 210 valence electrons. The lowest BCUT2D eigenvalue weighted by molar-refractivity contribution is -0.138. The van der Waals surface area contributed by atoms with E-state index < -0.39 is 6.10 Å². The highest BCUT2D eigenvalue weighted by Crippen LogP contribution is 2.42. The summed E-state index contributed by atoms with van der Waals surface area (Å²) in [7, 11) is 2.06. The van der Waals surface area contributed by atoms with E-state index in [0.29, 0.717) is 42.6 Å². The van der Waals surface area contributed by atoms with Gasteiger partial charge in [0.1, 0.15) is 11.3 Å². The molecular formula is C30H38N8O2. The van der Waals surface area contributed by atoms with Gasteiger partial charge in [0.2, 0.25) is 11.9 Å². The van der Waals surface area contributed by atoms with Crippen molar-refractivity contribution < 1.29 is 9.90 Å². The zero-order chi connectivity index (χ0) is 27.4. The van der Waals surface area contributed by atoms with Crippen LogP contribution in [-0.2, 0) is 17.8 Å². The van der Waals surface area contributed by atoms with E-state index in [2.05, 4.69) is 33.2 Å². The number of aromatic nitrogens is 4. The highest BCUT2D eigenvalue weighted by molar-refractivity contribution is 5.90. The van der Waals surface area contributed by atoms with E-state index in [-0.39, 0.29) is 11.9 Å². The van der Waals surface area contributed by atoms with Gasteiger partial charge in [-0.25, -0.2) is 19.9 Å². The molecule has 2 N–H and O–H groups in total. The van der Waals surface area contributed by atoms with Crippen LogP contribution >= 0.6 is 0 Å². The van der Waals surface area contributed by atoms with E-state index in [0.717, 1.165) is 53.8 Å². The normalized spacial score (nSPS) is 25.3. The topological polar surface area (TPSA) is 111 Å². The summed E-state index contributed by atoms with van der Waals surface area (Å²) in [6.07, 6.45) is 9.86. The Morgan fingerprint density at radius 1 is 1.05 bits per heavy atom. The molecule has 0 aliphatic carbocycles. The third-order valence-electron chi connectivity index (χ3n) is 9.35. The summed E-state index contributed by atoms with van der Waals surface area (Å²) in [5.41, 5.74) is 3.58. The highest BCUT2D eigenvalue weighted by Gasteiger charge is 2.41. The van der Waals surface area contributed by atoms with Gasteiger partial charge < -0.3 is 20.2 Å². The van der Waals surface area contributed by atoms with Crippen LogP contribution in [0.2, 0.25) is 0 Å². The van der Waals surface area contributed by atoms with Crippen molar-refractivity contribution in [3.05, 3.63) is 41.3 Å². The Hall–Kier alpha value is -3.37. The second kappa shape index (κ2) is 10.2. The predicted molar refractivity (Wildman–Crippen MR) is 153 cm³/mol. The van der Waals surface area contributed by atoms with Crippen LogP contribution in [0.1, 0.15) is 74.9 Å². The second-order valence-electron chi connectivity index (χ2n) is 12.0. The molecule has 7 heterocycles. The number of rotatable bonds is 5. The van der Waals surface area contributed by atoms with Crippen LogP contribution in [0.15, 0.2) is 24.4 Å². The number of carbonyl (C=O) groups excluding carboxylic acids is 1. The van der Waals surface area contributed by atoms with E-state index >= 15 is 0 Å². The maximum absolute atomic E-state index is 13.2. The Labute approximate surface area is 234 Å². The number of nitrogens with zero attached hydrogens (tertiary/aromatic N) is 7. The summed E-state index contributed by atoms with van der Waals surface area (Å²) in [6.45, 7) is 4.04. The van der Waals surface area contributed by atoms with Gasteiger partial charge in [-0.05, 0) is 76.7 Å². The monoisotopic (exact) mass is 542 g/mol. The predicted octanol–water partition coefficient (Wildman–Crippen LogP) is 3.72. The zero-order valence-corrected chi connectivity index (χ0v) is 23.4. The van der Waals surface area contributed by atoms with Crippen LogP contribution in [0, 0.1) is 0 Å². The number of piperidine rings is 1. The molecule has 2 atom stereocenters. The Kier molecular flexibility index (Phi) is 6.54. The summed E-state index contributed by atoms with van der Waals surface area (Å²) in [5, 5.41) is 14.5. The van der Waals surface area contributed by atoms with Gasteiger partial charge in [-0.3, -0.25) is 9.69 Å². The molecule has 0 radical (unpaired) electrons. The largest absolute Gasteiger partial charge is 0.387 e. The van der Waals surface area contributed by atoms with E-state index in [4.69, 9.17) is 15.0 Å². The minimum atomic E-state index is -0.657. The number of nitrogens with one attached hydrogen (secondary N) is 1. The third-order valence-corrected chi connectivity index (χ3v) is 9.35. The third kappa shape index (κ3) is 4.56. The standard InChI is InChI=1S/C30H38N8O2/c1-18(39)24-15-20-16-31-30(35-27(20)28(33-24)38-21-7-8-22(38)10-9-21)34-26-11-6-19-17-37(14-12-23(19)32-26)29(40)25-5-3-4-13-36(25)2/h6,11,15-16,18,21-22,25,39H,3-5,7-10,12-14,17H2,1-2H3,(H,31,32,34,35)/t18?,21?,22?,25-/m0/s1. The van der Waals surface area contributed by atoms with Crippen molar-refractivity contribution in [2.45, 2.75) is 89.1 Å². The van der Waals surface area contributed by atoms with Gasteiger partial charge in [-0.2, -0.15) is 0 Å². The number of likely N-dealkylation sites (N-methyl/N-ethyl adjacent to an activating group) is 1. The maximum Gasteiger partial charge on any atom is 0.240 e. The lowest BCUT2D eigenvalue weighted by Gasteiger charge is -2.37. The van der Waals surface area contributed by atoms with Crippen LogP contribution in [0.5, 0.6) is 0 Å². The van der Waals surface area contributed by atoms with Crippen molar-refractivity contribution in [1.82, 2.24) is 29.7 Å². The van der Waals surface area contributed by atoms with Crippen LogP contribution in [0.3, 0.4) is 0 Å². The van der Waals surface area contributed by atoms with Crippen molar-refractivity contribution in [3.63, 3.8) is 0 Å². The Balaban J connectivity index is 1.13. The molecule has 1 amide bonds. The van der Waals surface area contributed by atoms with Gasteiger partial charge in [0.15, 0.2) is 5.82 Å². The first-order valence-corrected chi connectivity index (χ1v) is 14.8. The lowest BCUT2D eigenvalue weighted by atomic mass is 9.99. The first-order chi connectivity index (χ1) is 19.4. The number of pyridine rings is 2. The van der Waals surface area contributed by atoms with E-state index in [1.54, 1.807) is 6.92 Å². The molecule has 3 aromatic heterocycles.